The van der Waals surface area contributed by atoms with Gasteiger partial charge in [0.05, 0.1) is 12.4 Å². The van der Waals surface area contributed by atoms with Crippen molar-refractivity contribution in [2.75, 3.05) is 0 Å². The van der Waals surface area contributed by atoms with E-state index in [-0.39, 0.29) is 0 Å². The molecule has 0 amide bonds. The van der Waals surface area contributed by atoms with Gasteiger partial charge in [0.25, 0.3) is 0 Å². The van der Waals surface area contributed by atoms with Gasteiger partial charge < -0.3 is 0 Å². The molecule has 0 aliphatic carbocycles. The van der Waals surface area contributed by atoms with Crippen LogP contribution in [0, 0.1) is 0 Å². The number of rotatable bonds is 3. The second kappa shape index (κ2) is 3.82. The second-order valence-corrected chi connectivity index (χ2v) is 3.73. The molecule has 2 nitrogen and oxygen atoms in total. The van der Waals surface area contributed by atoms with Gasteiger partial charge in [-0.1, -0.05) is 25.5 Å². The SMILES string of the molecule is CCCC[n+]1cc2ccccc2n1C. The fourth-order valence-electron chi connectivity index (χ4n) is 1.81. The number of aryl methyl sites for hydroxylation is 2. The zero-order chi connectivity index (χ0) is 9.97. The number of hydrogen-bond acceptors (Lipinski definition) is 0. The van der Waals surface area contributed by atoms with E-state index in [0.717, 1.165) is 6.54 Å². The minimum absolute atomic E-state index is 1.11. The number of para-hydroxylation sites is 1. The van der Waals surface area contributed by atoms with Gasteiger partial charge in [-0.05, 0) is 12.1 Å². The summed E-state index contributed by atoms with van der Waals surface area (Å²) in [6, 6.07) is 8.51. The normalized spacial score (nSPS) is 11.0. The number of benzene rings is 1. The van der Waals surface area contributed by atoms with Crippen LogP contribution in [0.4, 0.5) is 0 Å². The van der Waals surface area contributed by atoms with Crippen LogP contribution in [0.25, 0.3) is 10.9 Å². The molecule has 1 aromatic heterocycles. The second-order valence-electron chi connectivity index (χ2n) is 3.73. The van der Waals surface area contributed by atoms with Gasteiger partial charge in [0.2, 0.25) is 6.20 Å². The molecular formula is C12H17N2+. The van der Waals surface area contributed by atoms with Crippen molar-refractivity contribution in [3.05, 3.63) is 30.5 Å². The van der Waals surface area contributed by atoms with Gasteiger partial charge in [0, 0.05) is 6.42 Å². The van der Waals surface area contributed by atoms with Crippen LogP contribution in [0.1, 0.15) is 19.8 Å². The molecule has 1 heterocycles. The summed E-state index contributed by atoms with van der Waals surface area (Å²) in [5.74, 6) is 0. The largest absolute Gasteiger partial charge is 0.203 e. The van der Waals surface area contributed by atoms with E-state index in [9.17, 15) is 0 Å². The maximum Gasteiger partial charge on any atom is 0.203 e. The third-order valence-electron chi connectivity index (χ3n) is 2.70. The van der Waals surface area contributed by atoms with Gasteiger partial charge in [-0.15, -0.1) is 4.68 Å². The standard InChI is InChI=1S/C12H17N2/c1-3-4-9-14-10-11-7-5-6-8-12(11)13(14)2/h5-8,10H,3-4,9H2,1-2H3/q+1. The Hall–Kier alpha value is -1.31. The fraction of sp³-hybridized carbons (Fsp3) is 0.417. The van der Waals surface area contributed by atoms with Crippen molar-refractivity contribution in [3.63, 3.8) is 0 Å². The van der Waals surface area contributed by atoms with Crippen LogP contribution in [-0.2, 0) is 13.6 Å². The van der Waals surface area contributed by atoms with Gasteiger partial charge in [-0.3, -0.25) is 0 Å². The molecule has 0 radical (unpaired) electrons. The predicted molar refractivity (Wildman–Crippen MR) is 58.0 cm³/mol. The van der Waals surface area contributed by atoms with E-state index in [1.54, 1.807) is 0 Å². The summed E-state index contributed by atoms with van der Waals surface area (Å²) in [4.78, 5) is 0. The Morgan fingerprint density at radius 2 is 2.07 bits per heavy atom. The molecule has 0 bridgehead atoms. The average Bonchev–Trinajstić information content (AvgIpc) is 2.54. The Balaban J connectivity index is 2.41. The van der Waals surface area contributed by atoms with Crippen LogP contribution >= 0.6 is 0 Å². The van der Waals surface area contributed by atoms with Crippen molar-refractivity contribution in [2.45, 2.75) is 26.3 Å². The summed E-state index contributed by atoms with van der Waals surface area (Å²) in [7, 11) is 2.12. The van der Waals surface area contributed by atoms with E-state index < -0.39 is 0 Å². The van der Waals surface area contributed by atoms with Gasteiger partial charge in [-0.2, -0.15) is 4.68 Å². The molecule has 0 aliphatic rings. The topological polar surface area (TPSA) is 8.81 Å². The molecule has 2 aromatic rings. The highest BCUT2D eigenvalue weighted by Gasteiger charge is 2.10. The molecular weight excluding hydrogens is 172 g/mol. The van der Waals surface area contributed by atoms with Crippen LogP contribution in [0.5, 0.6) is 0 Å². The first-order valence-corrected chi connectivity index (χ1v) is 5.27. The Kier molecular flexibility index (Phi) is 2.53. The Morgan fingerprint density at radius 1 is 1.29 bits per heavy atom. The maximum atomic E-state index is 2.29. The molecule has 14 heavy (non-hydrogen) atoms. The number of aromatic nitrogens is 2. The third-order valence-corrected chi connectivity index (χ3v) is 2.70. The zero-order valence-corrected chi connectivity index (χ0v) is 8.90. The number of nitrogens with zero attached hydrogens (tertiary/aromatic N) is 2. The summed E-state index contributed by atoms with van der Waals surface area (Å²) in [6.45, 7) is 3.34. The molecule has 0 fully saturated rings. The maximum absolute atomic E-state index is 2.29. The molecule has 0 unspecified atom stereocenters. The number of fused-ring (bicyclic) bond motifs is 1. The molecule has 0 aliphatic heterocycles. The highest BCUT2D eigenvalue weighted by Crippen LogP contribution is 2.10. The van der Waals surface area contributed by atoms with Crippen molar-refractivity contribution < 1.29 is 4.68 Å². The van der Waals surface area contributed by atoms with E-state index in [1.807, 2.05) is 0 Å². The smallest absolute Gasteiger partial charge is 0.156 e. The van der Waals surface area contributed by atoms with Crippen LogP contribution in [-0.4, -0.2) is 4.68 Å². The predicted octanol–water partition coefficient (Wildman–Crippen LogP) is 2.27. The average molecular weight is 189 g/mol. The van der Waals surface area contributed by atoms with Gasteiger partial charge in [0.1, 0.15) is 5.52 Å². The molecule has 0 saturated heterocycles. The van der Waals surface area contributed by atoms with Crippen molar-refractivity contribution in [2.24, 2.45) is 7.05 Å². The van der Waals surface area contributed by atoms with Gasteiger partial charge >= 0.3 is 0 Å². The summed E-state index contributed by atoms with van der Waals surface area (Å²) in [5, 5.41) is 1.33. The van der Waals surface area contributed by atoms with Crippen LogP contribution < -0.4 is 4.68 Å². The van der Waals surface area contributed by atoms with E-state index >= 15 is 0 Å². The summed E-state index contributed by atoms with van der Waals surface area (Å²) in [5.41, 5.74) is 1.31. The minimum atomic E-state index is 1.11. The first kappa shape index (κ1) is 9.25. The van der Waals surface area contributed by atoms with Crippen molar-refractivity contribution in [3.8, 4) is 0 Å². The quantitative estimate of drug-likeness (QED) is 0.655. The third kappa shape index (κ3) is 1.52. The lowest BCUT2D eigenvalue weighted by Crippen LogP contribution is -2.41. The summed E-state index contributed by atoms with van der Waals surface area (Å²) < 4.78 is 4.51. The first-order valence-electron chi connectivity index (χ1n) is 5.27. The summed E-state index contributed by atoms with van der Waals surface area (Å²) in [6.07, 6.45) is 4.72. The fourth-order valence-corrected chi connectivity index (χ4v) is 1.81. The monoisotopic (exact) mass is 189 g/mol. The number of unbranched alkanes of at least 4 members (excludes halogenated alkanes) is 1. The van der Waals surface area contributed by atoms with Gasteiger partial charge in [0.15, 0.2) is 6.54 Å². The Morgan fingerprint density at radius 3 is 2.79 bits per heavy atom. The van der Waals surface area contributed by atoms with Crippen LogP contribution in [0.15, 0.2) is 30.5 Å². The molecule has 0 N–H and O–H groups in total. The van der Waals surface area contributed by atoms with Crippen molar-refractivity contribution in [1.29, 1.82) is 0 Å². The Bertz CT molecular complexity index is 429. The molecule has 1 aromatic carbocycles. The molecule has 74 valence electrons. The lowest BCUT2D eigenvalue weighted by Gasteiger charge is -1.95. The highest BCUT2D eigenvalue weighted by molar-refractivity contribution is 5.76. The van der Waals surface area contributed by atoms with Crippen LogP contribution in [0.3, 0.4) is 0 Å². The molecule has 2 rings (SSSR count). The first-order chi connectivity index (χ1) is 6.83. The van der Waals surface area contributed by atoms with Crippen molar-refractivity contribution >= 4 is 10.9 Å². The Labute approximate surface area is 84.8 Å². The lowest BCUT2D eigenvalue weighted by atomic mass is 10.3. The van der Waals surface area contributed by atoms with Crippen molar-refractivity contribution in [1.82, 2.24) is 4.68 Å². The van der Waals surface area contributed by atoms with E-state index in [0.29, 0.717) is 0 Å². The summed E-state index contributed by atoms with van der Waals surface area (Å²) >= 11 is 0. The van der Waals surface area contributed by atoms with E-state index in [1.165, 1.54) is 23.7 Å². The van der Waals surface area contributed by atoms with Crippen LogP contribution in [0.2, 0.25) is 0 Å². The van der Waals surface area contributed by atoms with Gasteiger partial charge in [-0.25, -0.2) is 0 Å². The van der Waals surface area contributed by atoms with E-state index in [4.69, 9.17) is 0 Å². The zero-order valence-electron chi connectivity index (χ0n) is 8.90. The molecule has 0 saturated carbocycles. The molecule has 0 atom stereocenters. The van der Waals surface area contributed by atoms with E-state index in [2.05, 4.69) is 53.8 Å². The highest BCUT2D eigenvalue weighted by atomic mass is 15.4. The molecule has 0 spiro atoms. The molecule has 2 heteroatoms. The number of hydrogen-bond donors (Lipinski definition) is 0. The minimum Gasteiger partial charge on any atom is -0.156 e. The lowest BCUT2D eigenvalue weighted by molar-refractivity contribution is -0.771.